The van der Waals surface area contributed by atoms with Crippen molar-refractivity contribution >= 4 is 0 Å². The van der Waals surface area contributed by atoms with Crippen LogP contribution in [0, 0.1) is 0 Å². The maximum Gasteiger partial charge on any atom is 0.297 e. The van der Waals surface area contributed by atoms with E-state index in [4.69, 9.17) is 4.42 Å². The summed E-state index contributed by atoms with van der Waals surface area (Å²) in [7, 11) is 1.83. The predicted molar refractivity (Wildman–Crippen MR) is 43.7 cm³/mol. The summed E-state index contributed by atoms with van der Waals surface area (Å²) in [5.41, 5.74) is 0. The third kappa shape index (κ3) is 3.10. The number of aryl methyl sites for hydroxylation is 1. The van der Waals surface area contributed by atoms with Gasteiger partial charge in [0.2, 0.25) is 0 Å². The van der Waals surface area contributed by atoms with Crippen LogP contribution < -0.4 is 5.32 Å². The molecule has 0 saturated heterocycles. The largest absolute Gasteiger partial charge is 0.440 e. The van der Waals surface area contributed by atoms with E-state index in [0.29, 0.717) is 12.3 Å². The van der Waals surface area contributed by atoms with E-state index in [1.165, 1.54) is 0 Å². The number of halogens is 2. The number of rotatable bonds is 5. The van der Waals surface area contributed by atoms with Gasteiger partial charge in [-0.3, -0.25) is 0 Å². The summed E-state index contributed by atoms with van der Waals surface area (Å²) in [6.07, 6.45) is -0.0577. The van der Waals surface area contributed by atoms with E-state index in [1.807, 2.05) is 7.05 Å². The summed E-state index contributed by atoms with van der Waals surface area (Å²) in [5.74, 6) is 0.0324. The highest BCUT2D eigenvalue weighted by molar-refractivity contribution is 4.95. The number of hydrogen-bond donors (Lipinski definition) is 1. The van der Waals surface area contributed by atoms with Gasteiger partial charge in [-0.15, -0.1) is 0 Å². The first-order valence-corrected chi connectivity index (χ1v) is 4.11. The third-order valence-electron chi connectivity index (χ3n) is 1.60. The van der Waals surface area contributed by atoms with Crippen LogP contribution in [0.25, 0.3) is 0 Å². The molecule has 0 aromatic carbocycles. The van der Waals surface area contributed by atoms with E-state index >= 15 is 0 Å². The highest BCUT2D eigenvalue weighted by Gasteiger charge is 2.12. The minimum atomic E-state index is -2.56. The van der Waals surface area contributed by atoms with E-state index in [1.54, 1.807) is 0 Å². The average Bonchev–Trinajstić information content (AvgIpc) is 2.53. The van der Waals surface area contributed by atoms with Crippen molar-refractivity contribution in [1.29, 1.82) is 0 Å². The van der Waals surface area contributed by atoms with E-state index in [9.17, 15) is 8.78 Å². The molecule has 0 atom stereocenters. The molecule has 1 rings (SSSR count). The van der Waals surface area contributed by atoms with Crippen LogP contribution >= 0.6 is 0 Å². The van der Waals surface area contributed by atoms with E-state index < -0.39 is 6.43 Å². The van der Waals surface area contributed by atoms with Crippen molar-refractivity contribution in [1.82, 2.24) is 10.3 Å². The molecule has 0 spiro atoms. The van der Waals surface area contributed by atoms with Gasteiger partial charge in [0, 0.05) is 6.42 Å². The number of nitrogens with zero attached hydrogens (tertiary/aromatic N) is 1. The summed E-state index contributed by atoms with van der Waals surface area (Å²) in [6.45, 7) is 0.826. The fraction of sp³-hybridized carbons (Fsp3) is 0.625. The molecule has 0 amide bonds. The van der Waals surface area contributed by atoms with E-state index in [-0.39, 0.29) is 5.76 Å². The van der Waals surface area contributed by atoms with Crippen LogP contribution in [0.5, 0.6) is 0 Å². The molecule has 13 heavy (non-hydrogen) atoms. The van der Waals surface area contributed by atoms with Crippen LogP contribution in [-0.2, 0) is 6.42 Å². The first kappa shape index (κ1) is 10.1. The molecule has 0 radical (unpaired) electrons. The first-order chi connectivity index (χ1) is 6.24. The Morgan fingerprint density at radius 2 is 2.38 bits per heavy atom. The summed E-state index contributed by atoms with van der Waals surface area (Å²) in [4.78, 5) is 3.73. The normalized spacial score (nSPS) is 11.1. The lowest BCUT2D eigenvalue weighted by Gasteiger charge is -1.95. The monoisotopic (exact) mass is 190 g/mol. The molecule has 0 bridgehead atoms. The van der Waals surface area contributed by atoms with Gasteiger partial charge in [-0.25, -0.2) is 13.8 Å². The molecule has 5 heteroatoms. The summed E-state index contributed by atoms with van der Waals surface area (Å²) >= 11 is 0. The van der Waals surface area contributed by atoms with Gasteiger partial charge in [-0.1, -0.05) is 0 Å². The lowest BCUT2D eigenvalue weighted by Crippen LogP contribution is -2.08. The summed E-state index contributed by atoms with van der Waals surface area (Å²) in [6, 6.07) is 0. The average molecular weight is 190 g/mol. The molecule has 0 unspecified atom stereocenters. The van der Waals surface area contributed by atoms with Crippen molar-refractivity contribution in [3.8, 4) is 0 Å². The minimum Gasteiger partial charge on any atom is -0.440 e. The number of nitrogens with one attached hydrogen (secondary N) is 1. The Labute approximate surface area is 75.2 Å². The Morgan fingerprint density at radius 3 is 2.92 bits per heavy atom. The molecule has 0 aliphatic heterocycles. The second kappa shape index (κ2) is 4.91. The van der Waals surface area contributed by atoms with Gasteiger partial charge in [0.25, 0.3) is 6.43 Å². The van der Waals surface area contributed by atoms with Crippen LogP contribution in [-0.4, -0.2) is 18.6 Å². The van der Waals surface area contributed by atoms with Gasteiger partial charge in [0.05, 0.1) is 6.20 Å². The molecule has 74 valence electrons. The van der Waals surface area contributed by atoms with Crippen LogP contribution in [0.1, 0.15) is 24.5 Å². The quantitative estimate of drug-likeness (QED) is 0.719. The molecule has 0 aliphatic carbocycles. The number of oxazole rings is 1. The molecule has 1 N–H and O–H groups in total. The Kier molecular flexibility index (Phi) is 3.82. The predicted octanol–water partition coefficient (Wildman–Crippen LogP) is 1.76. The number of alkyl halides is 2. The zero-order valence-corrected chi connectivity index (χ0v) is 7.39. The Morgan fingerprint density at radius 1 is 1.62 bits per heavy atom. The standard InChI is InChI=1S/C8H12F2N2O/c1-11-4-2-3-7-12-5-6(13-7)8(9)10/h5,8,11H,2-4H2,1H3. The molecule has 1 heterocycles. The summed E-state index contributed by atoms with van der Waals surface area (Å²) < 4.78 is 28.8. The molecule has 0 saturated carbocycles. The maximum absolute atomic E-state index is 12.0. The van der Waals surface area contributed by atoms with Crippen molar-refractivity contribution in [2.45, 2.75) is 19.3 Å². The van der Waals surface area contributed by atoms with Crippen molar-refractivity contribution in [2.75, 3.05) is 13.6 Å². The second-order valence-electron chi connectivity index (χ2n) is 2.66. The smallest absolute Gasteiger partial charge is 0.297 e. The van der Waals surface area contributed by atoms with Crippen LogP contribution in [0.15, 0.2) is 10.6 Å². The molecule has 0 aliphatic rings. The van der Waals surface area contributed by atoms with E-state index in [2.05, 4.69) is 10.3 Å². The Bertz CT molecular complexity index is 250. The van der Waals surface area contributed by atoms with Crippen LogP contribution in [0.4, 0.5) is 8.78 Å². The molecule has 3 nitrogen and oxygen atoms in total. The fourth-order valence-corrected chi connectivity index (χ4v) is 0.957. The molecule has 1 aromatic rings. The molecular formula is C8H12F2N2O. The highest BCUT2D eigenvalue weighted by atomic mass is 19.3. The number of hydrogen-bond acceptors (Lipinski definition) is 3. The SMILES string of the molecule is CNCCCc1ncc(C(F)F)o1. The topological polar surface area (TPSA) is 38.1 Å². The van der Waals surface area contributed by atoms with Crippen molar-refractivity contribution in [2.24, 2.45) is 0 Å². The van der Waals surface area contributed by atoms with E-state index in [0.717, 1.165) is 19.2 Å². The second-order valence-corrected chi connectivity index (χ2v) is 2.66. The third-order valence-corrected chi connectivity index (χ3v) is 1.60. The minimum absolute atomic E-state index is 0.348. The van der Waals surface area contributed by atoms with Crippen LogP contribution in [0.3, 0.4) is 0 Å². The van der Waals surface area contributed by atoms with Gasteiger partial charge in [0.15, 0.2) is 11.7 Å². The highest BCUT2D eigenvalue weighted by Crippen LogP contribution is 2.19. The molecule has 0 fully saturated rings. The molecule has 1 aromatic heterocycles. The molecular weight excluding hydrogens is 178 g/mol. The van der Waals surface area contributed by atoms with Crippen molar-refractivity contribution < 1.29 is 13.2 Å². The van der Waals surface area contributed by atoms with Gasteiger partial charge < -0.3 is 9.73 Å². The Balaban J connectivity index is 2.40. The van der Waals surface area contributed by atoms with Gasteiger partial charge >= 0.3 is 0 Å². The van der Waals surface area contributed by atoms with Gasteiger partial charge in [0.1, 0.15) is 0 Å². The van der Waals surface area contributed by atoms with Crippen molar-refractivity contribution in [3.63, 3.8) is 0 Å². The Hall–Kier alpha value is -0.970. The number of aromatic nitrogens is 1. The van der Waals surface area contributed by atoms with Crippen LogP contribution in [0.2, 0.25) is 0 Å². The fourth-order valence-electron chi connectivity index (χ4n) is 0.957. The first-order valence-electron chi connectivity index (χ1n) is 4.11. The zero-order valence-electron chi connectivity index (χ0n) is 7.39. The lowest BCUT2D eigenvalue weighted by atomic mass is 10.3. The zero-order chi connectivity index (χ0) is 9.68. The van der Waals surface area contributed by atoms with Gasteiger partial charge in [-0.05, 0) is 20.0 Å². The summed E-state index contributed by atoms with van der Waals surface area (Å²) in [5, 5.41) is 2.95. The maximum atomic E-state index is 12.0. The van der Waals surface area contributed by atoms with Gasteiger partial charge in [-0.2, -0.15) is 0 Å². The van der Waals surface area contributed by atoms with Crippen molar-refractivity contribution in [3.05, 3.63) is 17.8 Å². The lowest BCUT2D eigenvalue weighted by molar-refractivity contribution is 0.120.